The van der Waals surface area contributed by atoms with Crippen molar-refractivity contribution in [3.05, 3.63) is 66.7 Å². The number of fused-ring (bicyclic) bond motifs is 6. The van der Waals surface area contributed by atoms with Gasteiger partial charge in [0.1, 0.15) is 5.52 Å². The Morgan fingerprint density at radius 2 is 1.29 bits per heavy atom. The van der Waals surface area contributed by atoms with E-state index in [1.54, 1.807) is 6.07 Å². The third-order valence-electron chi connectivity index (χ3n) is 4.64. The van der Waals surface area contributed by atoms with Gasteiger partial charge in [-0.25, -0.2) is 4.98 Å². The summed E-state index contributed by atoms with van der Waals surface area (Å²) in [5.74, 6) is -0.288. The summed E-state index contributed by atoms with van der Waals surface area (Å²) in [6, 6.07) is 21.7. The van der Waals surface area contributed by atoms with Crippen molar-refractivity contribution < 1.29 is 10.2 Å². The first-order chi connectivity index (χ1) is 11.7. The van der Waals surface area contributed by atoms with Gasteiger partial charge in [0, 0.05) is 16.2 Å². The molecule has 0 fully saturated rings. The summed E-state index contributed by atoms with van der Waals surface area (Å²) in [6.07, 6.45) is 0. The van der Waals surface area contributed by atoms with Crippen molar-refractivity contribution in [3.8, 4) is 11.5 Å². The summed E-state index contributed by atoms with van der Waals surface area (Å²) in [7, 11) is 0. The lowest BCUT2D eigenvalue weighted by Gasteiger charge is -2.11. The highest BCUT2D eigenvalue weighted by atomic mass is 16.3. The average molecular weight is 311 g/mol. The Labute approximate surface area is 137 Å². The molecule has 2 N–H and O–H groups in total. The highest BCUT2D eigenvalue weighted by molar-refractivity contribution is 6.18. The molecule has 5 aromatic rings. The van der Waals surface area contributed by atoms with Crippen molar-refractivity contribution in [2.45, 2.75) is 0 Å². The number of aromatic nitrogens is 1. The van der Waals surface area contributed by atoms with Gasteiger partial charge in [-0.3, -0.25) is 0 Å². The zero-order valence-corrected chi connectivity index (χ0v) is 12.7. The van der Waals surface area contributed by atoms with E-state index >= 15 is 0 Å². The van der Waals surface area contributed by atoms with E-state index in [9.17, 15) is 10.2 Å². The van der Waals surface area contributed by atoms with Gasteiger partial charge in [0.05, 0.1) is 5.52 Å². The Balaban J connectivity index is 2.09. The lowest BCUT2D eigenvalue weighted by Crippen LogP contribution is -1.87. The van der Waals surface area contributed by atoms with E-state index < -0.39 is 0 Å². The standard InChI is InChI=1S/C21H13NO2/c23-20-15-8-4-3-7-14(15)17-11-16-13-6-2-1-5-12(13)9-10-18(16)22-19(17)21(20)24/h1-11,23-24H. The molecule has 5 rings (SSSR count). The molecule has 1 aromatic heterocycles. The highest BCUT2D eigenvalue weighted by Gasteiger charge is 2.15. The summed E-state index contributed by atoms with van der Waals surface area (Å²) in [6.45, 7) is 0. The predicted octanol–water partition coefficient (Wildman–Crippen LogP) is 5.11. The molecular weight excluding hydrogens is 298 g/mol. The first-order valence-corrected chi connectivity index (χ1v) is 7.79. The van der Waals surface area contributed by atoms with Crippen LogP contribution in [-0.2, 0) is 0 Å². The van der Waals surface area contributed by atoms with Crippen LogP contribution in [0.1, 0.15) is 0 Å². The van der Waals surface area contributed by atoms with Crippen molar-refractivity contribution in [2.75, 3.05) is 0 Å². The lowest BCUT2D eigenvalue weighted by atomic mass is 9.99. The van der Waals surface area contributed by atoms with Crippen LogP contribution in [0.25, 0.3) is 43.4 Å². The van der Waals surface area contributed by atoms with E-state index in [0.29, 0.717) is 10.9 Å². The van der Waals surface area contributed by atoms with E-state index in [1.165, 1.54) is 0 Å². The topological polar surface area (TPSA) is 53.4 Å². The van der Waals surface area contributed by atoms with E-state index in [2.05, 4.69) is 23.2 Å². The van der Waals surface area contributed by atoms with E-state index in [-0.39, 0.29) is 11.5 Å². The molecule has 24 heavy (non-hydrogen) atoms. The smallest absolute Gasteiger partial charge is 0.185 e. The van der Waals surface area contributed by atoms with Crippen LogP contribution >= 0.6 is 0 Å². The van der Waals surface area contributed by atoms with Crippen molar-refractivity contribution in [1.29, 1.82) is 0 Å². The fraction of sp³-hybridized carbons (Fsp3) is 0. The van der Waals surface area contributed by atoms with Crippen LogP contribution in [0.3, 0.4) is 0 Å². The van der Waals surface area contributed by atoms with Crippen LogP contribution < -0.4 is 0 Å². The summed E-state index contributed by atoms with van der Waals surface area (Å²) in [4.78, 5) is 4.63. The zero-order chi connectivity index (χ0) is 16.3. The van der Waals surface area contributed by atoms with Crippen molar-refractivity contribution in [3.63, 3.8) is 0 Å². The number of pyridine rings is 1. The van der Waals surface area contributed by atoms with Crippen LogP contribution in [-0.4, -0.2) is 15.2 Å². The fourth-order valence-electron chi connectivity index (χ4n) is 3.48. The number of nitrogens with zero attached hydrogens (tertiary/aromatic N) is 1. The summed E-state index contributed by atoms with van der Waals surface area (Å²) < 4.78 is 0. The van der Waals surface area contributed by atoms with Gasteiger partial charge in [0.25, 0.3) is 0 Å². The average Bonchev–Trinajstić information content (AvgIpc) is 2.65. The second kappa shape index (κ2) is 4.59. The first-order valence-electron chi connectivity index (χ1n) is 7.79. The molecule has 0 saturated carbocycles. The molecular formula is C21H13NO2. The second-order valence-electron chi connectivity index (χ2n) is 5.98. The zero-order valence-electron chi connectivity index (χ0n) is 12.7. The van der Waals surface area contributed by atoms with Crippen molar-refractivity contribution in [2.24, 2.45) is 0 Å². The van der Waals surface area contributed by atoms with Crippen LogP contribution in [0.5, 0.6) is 11.5 Å². The second-order valence-corrected chi connectivity index (χ2v) is 5.98. The number of rotatable bonds is 0. The van der Waals surface area contributed by atoms with Gasteiger partial charge in [0.15, 0.2) is 11.5 Å². The highest BCUT2D eigenvalue weighted by Crippen LogP contribution is 2.42. The van der Waals surface area contributed by atoms with Crippen LogP contribution in [0.4, 0.5) is 0 Å². The molecule has 0 aliphatic heterocycles. The van der Waals surface area contributed by atoms with Gasteiger partial charge < -0.3 is 10.2 Å². The number of hydrogen-bond acceptors (Lipinski definition) is 3. The minimum atomic E-state index is -0.168. The van der Waals surface area contributed by atoms with E-state index in [0.717, 1.165) is 32.4 Å². The van der Waals surface area contributed by atoms with Crippen molar-refractivity contribution in [1.82, 2.24) is 4.98 Å². The van der Waals surface area contributed by atoms with Crippen LogP contribution in [0.2, 0.25) is 0 Å². The Kier molecular flexibility index (Phi) is 2.51. The molecule has 3 nitrogen and oxygen atoms in total. The molecule has 0 aliphatic rings. The Morgan fingerprint density at radius 1 is 0.583 bits per heavy atom. The summed E-state index contributed by atoms with van der Waals surface area (Å²) in [5, 5.41) is 26.4. The van der Waals surface area contributed by atoms with Crippen molar-refractivity contribution >= 4 is 43.4 Å². The number of phenolic OH excluding ortho intramolecular Hbond substituents is 2. The summed E-state index contributed by atoms with van der Waals surface area (Å²) >= 11 is 0. The number of phenols is 2. The molecule has 0 unspecified atom stereocenters. The quantitative estimate of drug-likeness (QED) is 0.237. The third kappa shape index (κ3) is 1.64. The molecule has 3 heteroatoms. The maximum Gasteiger partial charge on any atom is 0.185 e. The van der Waals surface area contributed by atoms with Gasteiger partial charge >= 0.3 is 0 Å². The maximum atomic E-state index is 10.4. The Hall–Kier alpha value is -3.33. The minimum absolute atomic E-state index is 0.120. The predicted molar refractivity (Wildman–Crippen MR) is 97.6 cm³/mol. The largest absolute Gasteiger partial charge is 0.504 e. The van der Waals surface area contributed by atoms with Gasteiger partial charge in [-0.1, -0.05) is 54.6 Å². The monoisotopic (exact) mass is 311 g/mol. The number of aromatic hydroxyl groups is 2. The lowest BCUT2D eigenvalue weighted by molar-refractivity contribution is 0.412. The first kappa shape index (κ1) is 13.1. The molecule has 0 bridgehead atoms. The molecule has 0 radical (unpaired) electrons. The molecule has 0 atom stereocenters. The molecule has 0 amide bonds. The van der Waals surface area contributed by atoms with E-state index in [4.69, 9.17) is 0 Å². The van der Waals surface area contributed by atoms with Gasteiger partial charge in [-0.05, 0) is 28.3 Å². The molecule has 4 aromatic carbocycles. The Bertz CT molecular complexity index is 1280. The molecule has 0 aliphatic carbocycles. The molecule has 0 spiro atoms. The van der Waals surface area contributed by atoms with Crippen LogP contribution in [0.15, 0.2) is 66.7 Å². The molecule has 0 saturated heterocycles. The van der Waals surface area contributed by atoms with Gasteiger partial charge in [-0.15, -0.1) is 0 Å². The van der Waals surface area contributed by atoms with Gasteiger partial charge in [-0.2, -0.15) is 0 Å². The summed E-state index contributed by atoms with van der Waals surface area (Å²) in [5.41, 5.74) is 1.22. The maximum absolute atomic E-state index is 10.4. The minimum Gasteiger partial charge on any atom is -0.504 e. The molecule has 1 heterocycles. The normalized spacial score (nSPS) is 11.7. The third-order valence-corrected chi connectivity index (χ3v) is 4.64. The SMILES string of the molecule is Oc1c(O)c2nc3ccc4ccccc4c3cc2c2ccccc12. The fourth-order valence-corrected chi connectivity index (χ4v) is 3.48. The van der Waals surface area contributed by atoms with Crippen LogP contribution in [0, 0.1) is 0 Å². The van der Waals surface area contributed by atoms with Gasteiger partial charge in [0.2, 0.25) is 0 Å². The Morgan fingerprint density at radius 3 is 2.12 bits per heavy atom. The number of hydrogen-bond donors (Lipinski definition) is 2. The molecule has 114 valence electrons. The van der Waals surface area contributed by atoms with E-state index in [1.807, 2.05) is 42.5 Å². The number of benzene rings is 4.